The SMILES string of the molecule is CCCCc1ccc(C(=O)C=C(NN=C2c3ccccc3-c3ccccc32)C(=O)OC)cc1. The number of allylic oxidation sites excluding steroid dienone is 1. The fraction of sp³-hybridized carbons (Fsp3) is 0.179. The maximum atomic E-state index is 12.8. The molecule has 1 aliphatic rings. The molecule has 3 aromatic rings. The third kappa shape index (κ3) is 4.77. The minimum atomic E-state index is -0.660. The van der Waals surface area contributed by atoms with Crippen molar-refractivity contribution < 1.29 is 14.3 Å². The lowest BCUT2D eigenvalue weighted by atomic mass is 10.0. The minimum Gasteiger partial charge on any atom is -0.464 e. The number of rotatable bonds is 8. The predicted molar refractivity (Wildman–Crippen MR) is 130 cm³/mol. The van der Waals surface area contributed by atoms with Crippen molar-refractivity contribution in [2.75, 3.05) is 7.11 Å². The van der Waals surface area contributed by atoms with Gasteiger partial charge in [0.25, 0.3) is 0 Å². The first-order chi connectivity index (χ1) is 16.1. The predicted octanol–water partition coefficient (Wildman–Crippen LogP) is 5.29. The Morgan fingerprint density at radius 3 is 2.00 bits per heavy atom. The number of nitrogens with one attached hydrogen (secondary N) is 1. The van der Waals surface area contributed by atoms with Crippen LogP contribution < -0.4 is 5.43 Å². The van der Waals surface area contributed by atoms with Gasteiger partial charge in [-0.15, -0.1) is 0 Å². The molecule has 33 heavy (non-hydrogen) atoms. The molecule has 0 saturated heterocycles. The lowest BCUT2D eigenvalue weighted by Crippen LogP contribution is -2.20. The normalized spacial score (nSPS) is 12.1. The number of carbonyl (C=O) groups is 2. The average Bonchev–Trinajstić information content (AvgIpc) is 3.18. The molecule has 5 nitrogen and oxygen atoms in total. The van der Waals surface area contributed by atoms with Crippen molar-refractivity contribution in [2.45, 2.75) is 26.2 Å². The highest BCUT2D eigenvalue weighted by Gasteiger charge is 2.24. The zero-order valence-corrected chi connectivity index (χ0v) is 18.8. The maximum Gasteiger partial charge on any atom is 0.356 e. The summed E-state index contributed by atoms with van der Waals surface area (Å²) in [6, 6.07) is 23.4. The van der Waals surface area contributed by atoms with Crippen molar-refractivity contribution in [3.63, 3.8) is 0 Å². The first-order valence-electron chi connectivity index (χ1n) is 11.1. The molecule has 0 atom stereocenters. The average molecular weight is 439 g/mol. The number of ketones is 1. The van der Waals surface area contributed by atoms with Crippen LogP contribution in [0.2, 0.25) is 0 Å². The van der Waals surface area contributed by atoms with E-state index in [0.29, 0.717) is 11.3 Å². The highest BCUT2D eigenvalue weighted by atomic mass is 16.5. The van der Waals surface area contributed by atoms with E-state index < -0.39 is 5.97 Å². The summed E-state index contributed by atoms with van der Waals surface area (Å²) in [5, 5.41) is 4.52. The summed E-state index contributed by atoms with van der Waals surface area (Å²) in [4.78, 5) is 25.2. The molecule has 3 aromatic carbocycles. The second kappa shape index (κ2) is 10.1. The van der Waals surface area contributed by atoms with Crippen LogP contribution in [0.1, 0.15) is 46.8 Å². The number of carbonyl (C=O) groups excluding carboxylic acids is 2. The Bertz CT molecular complexity index is 1190. The Morgan fingerprint density at radius 1 is 0.879 bits per heavy atom. The van der Waals surface area contributed by atoms with Crippen LogP contribution in [0, 0.1) is 0 Å². The molecule has 0 amide bonds. The van der Waals surface area contributed by atoms with Crippen molar-refractivity contribution in [1.82, 2.24) is 5.43 Å². The molecule has 0 heterocycles. The monoisotopic (exact) mass is 438 g/mol. The number of methoxy groups -OCH3 is 1. The number of fused-ring (bicyclic) bond motifs is 3. The van der Waals surface area contributed by atoms with Crippen LogP contribution in [0.15, 0.2) is 89.7 Å². The fourth-order valence-electron chi connectivity index (χ4n) is 3.91. The van der Waals surface area contributed by atoms with Gasteiger partial charge in [0.15, 0.2) is 5.78 Å². The van der Waals surface area contributed by atoms with E-state index in [1.54, 1.807) is 12.1 Å². The molecule has 1 aliphatic carbocycles. The summed E-state index contributed by atoms with van der Waals surface area (Å²) < 4.78 is 4.88. The molecule has 4 rings (SSSR count). The van der Waals surface area contributed by atoms with Gasteiger partial charge < -0.3 is 4.74 Å². The van der Waals surface area contributed by atoms with E-state index >= 15 is 0 Å². The number of ether oxygens (including phenoxy) is 1. The molecule has 166 valence electrons. The van der Waals surface area contributed by atoms with Crippen molar-refractivity contribution in [3.05, 3.63) is 107 Å². The van der Waals surface area contributed by atoms with Crippen LogP contribution in [-0.4, -0.2) is 24.6 Å². The number of unbranched alkanes of at least 4 members (excludes halogenated alkanes) is 1. The number of hydrogen-bond donors (Lipinski definition) is 1. The largest absolute Gasteiger partial charge is 0.464 e. The molecule has 1 N–H and O–H groups in total. The second-order valence-corrected chi connectivity index (χ2v) is 7.88. The Kier molecular flexibility index (Phi) is 6.79. The van der Waals surface area contributed by atoms with E-state index in [1.807, 2.05) is 60.7 Å². The summed E-state index contributed by atoms with van der Waals surface area (Å²) in [7, 11) is 1.28. The van der Waals surface area contributed by atoms with Crippen LogP contribution in [-0.2, 0) is 16.0 Å². The third-order valence-electron chi connectivity index (χ3n) is 5.68. The summed E-state index contributed by atoms with van der Waals surface area (Å²) in [6.07, 6.45) is 4.45. The van der Waals surface area contributed by atoms with Crippen molar-refractivity contribution in [2.24, 2.45) is 5.10 Å². The van der Waals surface area contributed by atoms with Gasteiger partial charge in [0, 0.05) is 22.8 Å². The first-order valence-corrected chi connectivity index (χ1v) is 11.1. The van der Waals surface area contributed by atoms with E-state index in [0.717, 1.165) is 41.5 Å². The van der Waals surface area contributed by atoms with Gasteiger partial charge in [-0.25, -0.2) is 4.79 Å². The molecule has 0 radical (unpaired) electrons. The number of aryl methyl sites for hydroxylation is 1. The smallest absolute Gasteiger partial charge is 0.356 e. The Hall–Kier alpha value is -3.99. The summed E-state index contributed by atoms with van der Waals surface area (Å²) in [6.45, 7) is 2.15. The van der Waals surface area contributed by atoms with Gasteiger partial charge in [-0.1, -0.05) is 86.1 Å². The van der Waals surface area contributed by atoms with Gasteiger partial charge in [-0.05, 0) is 29.5 Å². The molecule has 5 heteroatoms. The molecule has 0 saturated carbocycles. The molecular formula is C28H26N2O3. The highest BCUT2D eigenvalue weighted by molar-refractivity contribution is 6.24. The number of benzene rings is 3. The number of hydrazone groups is 1. The van der Waals surface area contributed by atoms with Crippen molar-refractivity contribution >= 4 is 17.5 Å². The van der Waals surface area contributed by atoms with Crippen LogP contribution in [0.25, 0.3) is 11.1 Å². The van der Waals surface area contributed by atoms with Gasteiger partial charge in [0.1, 0.15) is 5.70 Å². The van der Waals surface area contributed by atoms with Gasteiger partial charge in [-0.3, -0.25) is 10.2 Å². The van der Waals surface area contributed by atoms with Crippen LogP contribution in [0.5, 0.6) is 0 Å². The van der Waals surface area contributed by atoms with Crippen molar-refractivity contribution in [1.29, 1.82) is 0 Å². The van der Waals surface area contributed by atoms with E-state index in [4.69, 9.17) is 4.74 Å². The lowest BCUT2D eigenvalue weighted by Gasteiger charge is -2.07. The quantitative estimate of drug-likeness (QED) is 0.176. The molecule has 0 spiro atoms. The van der Waals surface area contributed by atoms with Gasteiger partial charge >= 0.3 is 5.97 Å². The summed E-state index contributed by atoms with van der Waals surface area (Å²) in [5.74, 6) is -0.954. The van der Waals surface area contributed by atoms with Crippen LogP contribution in [0.4, 0.5) is 0 Å². The van der Waals surface area contributed by atoms with E-state index in [-0.39, 0.29) is 11.5 Å². The lowest BCUT2D eigenvalue weighted by molar-refractivity contribution is -0.136. The van der Waals surface area contributed by atoms with Crippen LogP contribution in [0.3, 0.4) is 0 Å². The third-order valence-corrected chi connectivity index (χ3v) is 5.68. The van der Waals surface area contributed by atoms with Crippen molar-refractivity contribution in [3.8, 4) is 11.1 Å². The standard InChI is InChI=1S/C28H26N2O3/c1-3-4-9-19-14-16-20(17-15-19)26(31)18-25(28(32)33-2)29-30-27-23-12-7-5-10-21(23)22-11-6-8-13-24(22)27/h5-8,10-18,29H,3-4,9H2,1-2H3. The van der Waals surface area contributed by atoms with E-state index in [1.165, 1.54) is 18.7 Å². The Morgan fingerprint density at radius 2 is 1.45 bits per heavy atom. The topological polar surface area (TPSA) is 67.8 Å². The van der Waals surface area contributed by atoms with Gasteiger partial charge in [0.05, 0.1) is 12.8 Å². The summed E-state index contributed by atoms with van der Waals surface area (Å²) in [5.41, 5.74) is 9.25. The molecule has 0 aromatic heterocycles. The minimum absolute atomic E-state index is 0.0214. The molecule has 0 unspecified atom stereocenters. The first kappa shape index (κ1) is 22.2. The highest BCUT2D eigenvalue weighted by Crippen LogP contribution is 2.36. The number of hydrogen-bond acceptors (Lipinski definition) is 5. The van der Waals surface area contributed by atoms with Crippen LogP contribution >= 0.6 is 0 Å². The molecular weight excluding hydrogens is 412 g/mol. The van der Waals surface area contributed by atoms with Gasteiger partial charge in [-0.2, -0.15) is 5.10 Å². The Balaban J connectivity index is 1.61. The second-order valence-electron chi connectivity index (χ2n) is 7.88. The van der Waals surface area contributed by atoms with E-state index in [9.17, 15) is 9.59 Å². The number of esters is 1. The molecule has 0 bridgehead atoms. The molecule has 0 aliphatic heterocycles. The zero-order valence-electron chi connectivity index (χ0n) is 18.8. The van der Waals surface area contributed by atoms with Gasteiger partial charge in [0.2, 0.25) is 0 Å². The summed E-state index contributed by atoms with van der Waals surface area (Å²) >= 11 is 0. The number of nitrogens with zero attached hydrogens (tertiary/aromatic N) is 1. The Labute approximate surface area is 193 Å². The molecule has 0 fully saturated rings. The maximum absolute atomic E-state index is 12.8. The zero-order chi connectivity index (χ0) is 23.2. The van der Waals surface area contributed by atoms with E-state index in [2.05, 4.69) is 17.5 Å². The fourth-order valence-corrected chi connectivity index (χ4v) is 3.91.